The molecule has 0 aromatic rings. The van der Waals surface area contributed by atoms with Crippen LogP contribution in [0, 0.1) is 0 Å². The first kappa shape index (κ1) is 11.9. The van der Waals surface area contributed by atoms with Crippen LogP contribution < -0.4 is 5.73 Å². The summed E-state index contributed by atoms with van der Waals surface area (Å²) >= 11 is 0. The molecule has 0 spiro atoms. The maximum Gasteiger partial charge on any atom is 0.0224 e. The minimum absolute atomic E-state index is 0. The Morgan fingerprint density at radius 2 is 2.00 bits per heavy atom. The topological polar surface area (TPSA) is 29.3 Å². The SMILES string of the molecule is C.CC(C)(C)N1CCCC1CN. The van der Waals surface area contributed by atoms with Gasteiger partial charge < -0.3 is 5.73 Å². The molecule has 0 bridgehead atoms. The summed E-state index contributed by atoms with van der Waals surface area (Å²) in [5.41, 5.74) is 5.99. The molecule has 0 aromatic heterocycles. The van der Waals surface area contributed by atoms with Gasteiger partial charge in [0.2, 0.25) is 0 Å². The van der Waals surface area contributed by atoms with Crippen molar-refractivity contribution in [3.8, 4) is 0 Å². The minimum Gasteiger partial charge on any atom is -0.329 e. The Morgan fingerprint density at radius 3 is 2.33 bits per heavy atom. The van der Waals surface area contributed by atoms with E-state index in [4.69, 9.17) is 5.73 Å². The molecule has 1 unspecified atom stereocenters. The molecule has 1 aliphatic heterocycles. The molecule has 1 heterocycles. The van der Waals surface area contributed by atoms with Crippen molar-refractivity contribution in [2.45, 2.75) is 52.6 Å². The van der Waals surface area contributed by atoms with Crippen LogP contribution in [-0.2, 0) is 0 Å². The standard InChI is InChI=1S/C9H20N2.CH4/c1-9(2,3)11-6-4-5-8(11)7-10;/h8H,4-7,10H2,1-3H3;1H4. The highest BCUT2D eigenvalue weighted by Crippen LogP contribution is 2.25. The van der Waals surface area contributed by atoms with Crippen molar-refractivity contribution in [2.24, 2.45) is 5.73 Å². The van der Waals surface area contributed by atoms with Gasteiger partial charge in [0, 0.05) is 18.1 Å². The van der Waals surface area contributed by atoms with Gasteiger partial charge in [-0.1, -0.05) is 7.43 Å². The number of nitrogens with zero attached hydrogens (tertiary/aromatic N) is 1. The van der Waals surface area contributed by atoms with E-state index in [0.29, 0.717) is 11.6 Å². The van der Waals surface area contributed by atoms with Crippen LogP contribution in [0.2, 0.25) is 0 Å². The monoisotopic (exact) mass is 172 g/mol. The first-order valence-electron chi connectivity index (χ1n) is 4.52. The van der Waals surface area contributed by atoms with Crippen molar-refractivity contribution >= 4 is 0 Å². The van der Waals surface area contributed by atoms with Gasteiger partial charge in [0.15, 0.2) is 0 Å². The number of hydrogen-bond donors (Lipinski definition) is 1. The van der Waals surface area contributed by atoms with Crippen molar-refractivity contribution in [3.05, 3.63) is 0 Å². The van der Waals surface area contributed by atoms with E-state index in [0.717, 1.165) is 6.54 Å². The van der Waals surface area contributed by atoms with E-state index in [1.165, 1.54) is 19.4 Å². The van der Waals surface area contributed by atoms with Crippen LogP contribution in [0.4, 0.5) is 0 Å². The second kappa shape index (κ2) is 4.24. The Balaban J connectivity index is 0.00000121. The van der Waals surface area contributed by atoms with Crippen LogP contribution in [0.25, 0.3) is 0 Å². The lowest BCUT2D eigenvalue weighted by Crippen LogP contribution is -2.47. The molecule has 0 amide bonds. The van der Waals surface area contributed by atoms with Gasteiger partial charge in [-0.15, -0.1) is 0 Å². The molecule has 2 heteroatoms. The summed E-state index contributed by atoms with van der Waals surface area (Å²) in [5.74, 6) is 0. The highest BCUT2D eigenvalue weighted by atomic mass is 15.2. The van der Waals surface area contributed by atoms with E-state index in [1.54, 1.807) is 0 Å². The Morgan fingerprint density at radius 1 is 1.42 bits per heavy atom. The van der Waals surface area contributed by atoms with Crippen LogP contribution in [0.5, 0.6) is 0 Å². The molecule has 2 N–H and O–H groups in total. The van der Waals surface area contributed by atoms with Crippen LogP contribution >= 0.6 is 0 Å². The van der Waals surface area contributed by atoms with Gasteiger partial charge in [0.1, 0.15) is 0 Å². The van der Waals surface area contributed by atoms with Gasteiger partial charge in [-0.25, -0.2) is 0 Å². The number of nitrogens with two attached hydrogens (primary N) is 1. The number of rotatable bonds is 1. The summed E-state index contributed by atoms with van der Waals surface area (Å²) in [5, 5.41) is 0. The van der Waals surface area contributed by atoms with E-state index >= 15 is 0 Å². The quantitative estimate of drug-likeness (QED) is 0.654. The average molecular weight is 172 g/mol. The van der Waals surface area contributed by atoms with Crippen molar-refractivity contribution in [1.82, 2.24) is 4.90 Å². The fourth-order valence-electron chi connectivity index (χ4n) is 1.96. The molecule has 1 rings (SSSR count). The van der Waals surface area contributed by atoms with E-state index < -0.39 is 0 Å². The molecule has 2 nitrogen and oxygen atoms in total. The summed E-state index contributed by atoms with van der Waals surface area (Å²) in [6, 6.07) is 0.634. The Labute approximate surface area is 77.1 Å². The normalized spacial score (nSPS) is 25.5. The smallest absolute Gasteiger partial charge is 0.0224 e. The molecule has 1 aliphatic rings. The average Bonchev–Trinajstić information content (AvgIpc) is 2.31. The van der Waals surface area contributed by atoms with E-state index in [9.17, 15) is 0 Å². The predicted molar refractivity (Wildman–Crippen MR) is 55.3 cm³/mol. The zero-order chi connectivity index (χ0) is 8.48. The molecule has 0 aromatic carbocycles. The summed E-state index contributed by atoms with van der Waals surface area (Å²) < 4.78 is 0. The third kappa shape index (κ3) is 2.46. The van der Waals surface area contributed by atoms with Gasteiger partial charge in [-0.3, -0.25) is 4.90 Å². The Hall–Kier alpha value is -0.0800. The second-order valence-electron chi connectivity index (χ2n) is 4.40. The lowest BCUT2D eigenvalue weighted by atomic mass is 10.0. The van der Waals surface area contributed by atoms with Gasteiger partial charge in [-0.05, 0) is 40.2 Å². The van der Waals surface area contributed by atoms with Crippen LogP contribution in [0.1, 0.15) is 41.0 Å². The molecule has 1 atom stereocenters. The summed E-state index contributed by atoms with van der Waals surface area (Å²) in [4.78, 5) is 2.52. The predicted octanol–water partition coefficient (Wildman–Crippen LogP) is 1.84. The maximum atomic E-state index is 5.68. The molecule has 0 saturated carbocycles. The fraction of sp³-hybridized carbons (Fsp3) is 1.00. The zero-order valence-electron chi connectivity index (χ0n) is 7.93. The summed E-state index contributed by atoms with van der Waals surface area (Å²) in [7, 11) is 0. The Bertz CT molecular complexity index is 126. The molecule has 0 aliphatic carbocycles. The fourth-order valence-corrected chi connectivity index (χ4v) is 1.96. The van der Waals surface area contributed by atoms with Crippen LogP contribution in [0.15, 0.2) is 0 Å². The molecule has 0 radical (unpaired) electrons. The highest BCUT2D eigenvalue weighted by Gasteiger charge is 2.31. The molecule has 74 valence electrons. The largest absolute Gasteiger partial charge is 0.329 e. The highest BCUT2D eigenvalue weighted by molar-refractivity contribution is 4.88. The summed E-state index contributed by atoms with van der Waals surface area (Å²) in [6.07, 6.45) is 2.60. The van der Waals surface area contributed by atoms with E-state index in [1.807, 2.05) is 0 Å². The van der Waals surface area contributed by atoms with Crippen LogP contribution in [0.3, 0.4) is 0 Å². The molecular weight excluding hydrogens is 148 g/mol. The lowest BCUT2D eigenvalue weighted by Gasteiger charge is -2.36. The minimum atomic E-state index is 0. The van der Waals surface area contributed by atoms with Crippen molar-refractivity contribution in [2.75, 3.05) is 13.1 Å². The Kier molecular flexibility index (Phi) is 4.21. The van der Waals surface area contributed by atoms with Gasteiger partial charge >= 0.3 is 0 Å². The van der Waals surface area contributed by atoms with E-state index in [2.05, 4.69) is 25.7 Å². The molecular formula is C10H24N2. The van der Waals surface area contributed by atoms with Crippen molar-refractivity contribution in [1.29, 1.82) is 0 Å². The van der Waals surface area contributed by atoms with Gasteiger partial charge in [0.25, 0.3) is 0 Å². The molecule has 12 heavy (non-hydrogen) atoms. The zero-order valence-corrected chi connectivity index (χ0v) is 7.93. The second-order valence-corrected chi connectivity index (χ2v) is 4.40. The number of hydrogen-bond acceptors (Lipinski definition) is 2. The molecule has 1 fully saturated rings. The van der Waals surface area contributed by atoms with E-state index in [-0.39, 0.29) is 7.43 Å². The maximum absolute atomic E-state index is 5.68. The third-order valence-electron chi connectivity index (χ3n) is 2.51. The third-order valence-corrected chi connectivity index (χ3v) is 2.51. The first-order chi connectivity index (χ1) is 5.05. The van der Waals surface area contributed by atoms with Crippen molar-refractivity contribution < 1.29 is 0 Å². The van der Waals surface area contributed by atoms with Gasteiger partial charge in [-0.2, -0.15) is 0 Å². The van der Waals surface area contributed by atoms with Crippen LogP contribution in [-0.4, -0.2) is 29.6 Å². The first-order valence-corrected chi connectivity index (χ1v) is 4.52. The lowest BCUT2D eigenvalue weighted by molar-refractivity contribution is 0.125. The number of likely N-dealkylation sites (tertiary alicyclic amines) is 1. The van der Waals surface area contributed by atoms with Gasteiger partial charge in [0.05, 0.1) is 0 Å². The molecule has 1 saturated heterocycles. The summed E-state index contributed by atoms with van der Waals surface area (Å²) in [6.45, 7) is 8.84. The van der Waals surface area contributed by atoms with Crippen molar-refractivity contribution in [3.63, 3.8) is 0 Å².